The molecular weight excluding hydrogens is 486 g/mol. The Bertz CT molecular complexity index is 1330. The first-order chi connectivity index (χ1) is 16.7. The molecule has 3 aromatic rings. The molecule has 2 N–H and O–H groups in total. The first-order valence-corrected chi connectivity index (χ1v) is 13.6. The third kappa shape index (κ3) is 5.29. The lowest BCUT2D eigenvalue weighted by Crippen LogP contribution is -2.37. The zero-order valence-electron chi connectivity index (χ0n) is 20.2. The van der Waals surface area contributed by atoms with E-state index in [2.05, 4.69) is 27.9 Å². The fourth-order valence-corrected chi connectivity index (χ4v) is 6.22. The number of ether oxygens (including phenoxy) is 2. The molecule has 186 valence electrons. The van der Waals surface area contributed by atoms with Gasteiger partial charge in [-0.15, -0.1) is 11.3 Å². The Balaban J connectivity index is 1.59. The fraction of sp³-hybridized carbons (Fsp3) is 0.320. The molecule has 0 unspecified atom stereocenters. The van der Waals surface area contributed by atoms with Crippen LogP contribution in [0, 0.1) is 20.8 Å². The number of hydrogen-bond acceptors (Lipinski definition) is 7. The van der Waals surface area contributed by atoms with Crippen molar-refractivity contribution in [2.24, 2.45) is 0 Å². The standard InChI is InChI=1S/C25H29N3O5S2/c1-16-15-17(2)23(28-10-12-33-13-11-28)18(3)22(16)26-25(29)24-21(9-14-34-24)27-35(30,31)20-7-5-19(32-4)6-8-20/h5-9,14-15,27H,10-13H2,1-4H3,(H,26,29). The van der Waals surface area contributed by atoms with Crippen LogP contribution in [0.25, 0.3) is 0 Å². The third-order valence-corrected chi connectivity index (χ3v) is 8.28. The second-order valence-electron chi connectivity index (χ2n) is 8.36. The number of sulfonamides is 1. The van der Waals surface area contributed by atoms with E-state index in [1.807, 2.05) is 13.8 Å². The zero-order valence-corrected chi connectivity index (χ0v) is 21.8. The van der Waals surface area contributed by atoms with Gasteiger partial charge in [-0.25, -0.2) is 8.42 Å². The van der Waals surface area contributed by atoms with Gasteiger partial charge in [0.05, 0.1) is 30.9 Å². The molecular formula is C25H29N3O5S2. The summed E-state index contributed by atoms with van der Waals surface area (Å²) in [5.74, 6) is 0.190. The van der Waals surface area contributed by atoms with E-state index in [0.29, 0.717) is 19.0 Å². The maximum Gasteiger partial charge on any atom is 0.267 e. The van der Waals surface area contributed by atoms with Crippen LogP contribution < -0.4 is 19.7 Å². The average Bonchev–Trinajstić information content (AvgIpc) is 3.29. The van der Waals surface area contributed by atoms with Crippen LogP contribution in [0.3, 0.4) is 0 Å². The predicted molar refractivity (Wildman–Crippen MR) is 140 cm³/mol. The van der Waals surface area contributed by atoms with Crippen LogP contribution in [-0.4, -0.2) is 47.7 Å². The molecule has 35 heavy (non-hydrogen) atoms. The first-order valence-electron chi connectivity index (χ1n) is 11.2. The molecule has 1 aliphatic rings. The number of amides is 1. The minimum absolute atomic E-state index is 0.0798. The van der Waals surface area contributed by atoms with E-state index in [0.717, 1.165) is 41.2 Å². The van der Waals surface area contributed by atoms with Crippen molar-refractivity contribution >= 4 is 44.3 Å². The quantitative estimate of drug-likeness (QED) is 0.478. The normalized spacial score (nSPS) is 14.0. The van der Waals surface area contributed by atoms with Gasteiger partial charge in [0.2, 0.25) is 0 Å². The van der Waals surface area contributed by atoms with Crippen molar-refractivity contribution < 1.29 is 22.7 Å². The summed E-state index contributed by atoms with van der Waals surface area (Å²) in [5.41, 5.74) is 5.14. The van der Waals surface area contributed by atoms with Crippen LogP contribution in [-0.2, 0) is 14.8 Å². The monoisotopic (exact) mass is 515 g/mol. The van der Waals surface area contributed by atoms with Crippen molar-refractivity contribution in [3.8, 4) is 5.75 Å². The molecule has 1 aromatic heterocycles. The fourth-order valence-electron chi connectivity index (χ4n) is 4.34. The molecule has 8 nitrogen and oxygen atoms in total. The van der Waals surface area contributed by atoms with Crippen molar-refractivity contribution in [2.75, 3.05) is 48.4 Å². The summed E-state index contributed by atoms with van der Waals surface area (Å²) in [6.45, 7) is 8.95. The van der Waals surface area contributed by atoms with Crippen molar-refractivity contribution in [1.29, 1.82) is 0 Å². The lowest BCUT2D eigenvalue weighted by atomic mass is 10.0. The summed E-state index contributed by atoms with van der Waals surface area (Å²) in [5, 5.41) is 4.72. The molecule has 1 fully saturated rings. The Morgan fingerprint density at radius 3 is 2.40 bits per heavy atom. The predicted octanol–water partition coefficient (Wildman–Crippen LogP) is 4.57. The number of hydrogen-bond donors (Lipinski definition) is 2. The highest BCUT2D eigenvalue weighted by atomic mass is 32.2. The van der Waals surface area contributed by atoms with E-state index in [9.17, 15) is 13.2 Å². The molecule has 0 atom stereocenters. The van der Waals surface area contributed by atoms with Crippen molar-refractivity contribution in [1.82, 2.24) is 0 Å². The summed E-state index contributed by atoms with van der Waals surface area (Å²) < 4.78 is 38.9. The lowest BCUT2D eigenvalue weighted by molar-refractivity contribution is 0.103. The van der Waals surface area contributed by atoms with Crippen LogP contribution in [0.15, 0.2) is 46.7 Å². The van der Waals surface area contributed by atoms with Crippen LogP contribution >= 0.6 is 11.3 Å². The van der Waals surface area contributed by atoms with E-state index in [1.54, 1.807) is 23.6 Å². The maximum atomic E-state index is 13.3. The van der Waals surface area contributed by atoms with Gasteiger partial charge in [0.1, 0.15) is 10.6 Å². The minimum atomic E-state index is -3.88. The Hall–Kier alpha value is -3.08. The van der Waals surface area contributed by atoms with Gasteiger partial charge in [0.15, 0.2) is 0 Å². The third-order valence-electron chi connectivity index (χ3n) is 5.98. The van der Waals surface area contributed by atoms with Gasteiger partial charge in [-0.05, 0) is 73.2 Å². The SMILES string of the molecule is COc1ccc(S(=O)(=O)Nc2ccsc2C(=O)Nc2c(C)cc(C)c(N3CCOCC3)c2C)cc1. The lowest BCUT2D eigenvalue weighted by Gasteiger charge is -2.32. The van der Waals surface area contributed by atoms with Gasteiger partial charge in [-0.1, -0.05) is 6.07 Å². The number of benzene rings is 2. The first kappa shape index (κ1) is 25.0. The molecule has 0 saturated carbocycles. The highest BCUT2D eigenvalue weighted by Crippen LogP contribution is 2.35. The minimum Gasteiger partial charge on any atom is -0.497 e. The topological polar surface area (TPSA) is 97.0 Å². The maximum absolute atomic E-state index is 13.3. The van der Waals surface area contributed by atoms with E-state index in [1.165, 1.54) is 30.6 Å². The van der Waals surface area contributed by atoms with Crippen LogP contribution in [0.5, 0.6) is 5.75 Å². The van der Waals surface area contributed by atoms with E-state index in [-0.39, 0.29) is 21.4 Å². The van der Waals surface area contributed by atoms with Gasteiger partial charge in [0.25, 0.3) is 15.9 Å². The number of thiophene rings is 1. The molecule has 0 spiro atoms. The summed E-state index contributed by atoms with van der Waals surface area (Å²) in [6, 6.07) is 9.72. The number of morpholine rings is 1. The Morgan fingerprint density at radius 1 is 1.06 bits per heavy atom. The molecule has 4 rings (SSSR count). The zero-order chi connectivity index (χ0) is 25.2. The van der Waals surface area contributed by atoms with Gasteiger partial charge in [-0.2, -0.15) is 0 Å². The Labute approximate surface area is 209 Å². The van der Waals surface area contributed by atoms with E-state index < -0.39 is 10.0 Å². The molecule has 2 heterocycles. The molecule has 0 aliphatic carbocycles. The number of aryl methyl sites for hydroxylation is 2. The summed E-state index contributed by atoms with van der Waals surface area (Å²) in [7, 11) is -2.36. The number of carbonyl (C=O) groups excluding carboxylic acids is 1. The average molecular weight is 516 g/mol. The molecule has 0 bridgehead atoms. The van der Waals surface area contributed by atoms with E-state index in [4.69, 9.17) is 9.47 Å². The highest BCUT2D eigenvalue weighted by molar-refractivity contribution is 7.92. The number of carbonyl (C=O) groups is 1. The van der Waals surface area contributed by atoms with Crippen LogP contribution in [0.4, 0.5) is 17.1 Å². The second-order valence-corrected chi connectivity index (χ2v) is 11.0. The van der Waals surface area contributed by atoms with Gasteiger partial charge in [0, 0.05) is 24.5 Å². The summed E-state index contributed by atoms with van der Waals surface area (Å²) >= 11 is 1.18. The molecule has 2 aromatic carbocycles. The van der Waals surface area contributed by atoms with Crippen molar-refractivity contribution in [3.63, 3.8) is 0 Å². The Kier molecular flexibility index (Phi) is 7.34. The van der Waals surface area contributed by atoms with Crippen molar-refractivity contribution in [2.45, 2.75) is 25.7 Å². The number of nitrogens with zero attached hydrogens (tertiary/aromatic N) is 1. The molecule has 10 heteroatoms. The molecule has 1 aliphatic heterocycles. The molecule has 1 saturated heterocycles. The smallest absolute Gasteiger partial charge is 0.267 e. The van der Waals surface area contributed by atoms with Crippen LogP contribution in [0.1, 0.15) is 26.4 Å². The van der Waals surface area contributed by atoms with E-state index >= 15 is 0 Å². The van der Waals surface area contributed by atoms with Crippen molar-refractivity contribution in [3.05, 3.63) is 63.3 Å². The second kappa shape index (κ2) is 10.3. The largest absolute Gasteiger partial charge is 0.497 e. The van der Waals surface area contributed by atoms with Gasteiger partial charge in [-0.3, -0.25) is 9.52 Å². The number of methoxy groups -OCH3 is 1. The van der Waals surface area contributed by atoms with Gasteiger partial charge >= 0.3 is 0 Å². The number of rotatable bonds is 7. The van der Waals surface area contributed by atoms with Crippen LogP contribution in [0.2, 0.25) is 0 Å². The molecule has 0 radical (unpaired) electrons. The summed E-state index contributed by atoms with van der Waals surface area (Å²) in [4.78, 5) is 15.9. The highest BCUT2D eigenvalue weighted by Gasteiger charge is 2.23. The number of nitrogens with one attached hydrogen (secondary N) is 2. The molecule has 1 amide bonds. The summed E-state index contributed by atoms with van der Waals surface area (Å²) in [6.07, 6.45) is 0. The van der Waals surface area contributed by atoms with Gasteiger partial charge < -0.3 is 19.7 Å². The number of anilines is 3. The Morgan fingerprint density at radius 2 is 1.74 bits per heavy atom.